The van der Waals surface area contributed by atoms with E-state index in [1.807, 2.05) is 0 Å². The molecule has 0 saturated carbocycles. The van der Waals surface area contributed by atoms with Crippen molar-refractivity contribution in [1.29, 1.82) is 0 Å². The Kier molecular flexibility index (Phi) is 10.1. The van der Waals surface area contributed by atoms with E-state index in [0.29, 0.717) is 6.61 Å². The zero-order valence-corrected chi connectivity index (χ0v) is 10.3. The predicted molar refractivity (Wildman–Crippen MR) is 63.8 cm³/mol. The fraction of sp³-hybridized carbons (Fsp3) is 0.769. The second-order valence-corrected chi connectivity index (χ2v) is 4.02. The molecule has 0 atom stereocenters. The minimum Gasteiger partial charge on any atom is -0.460 e. The van der Waals surface area contributed by atoms with Crippen molar-refractivity contribution in [3.05, 3.63) is 12.4 Å². The molecule has 0 aliphatic rings. The van der Waals surface area contributed by atoms with Crippen LogP contribution >= 0.6 is 0 Å². The minimum absolute atomic E-state index is 0.302. The molecule has 0 saturated heterocycles. The van der Waals surface area contributed by atoms with Gasteiger partial charge in [-0.15, -0.1) is 0 Å². The van der Waals surface area contributed by atoms with Gasteiger partial charge in [-0.1, -0.05) is 58.4 Å². The molecule has 0 heterocycles. The molecule has 16 heavy (non-hydrogen) atoms. The fourth-order valence-corrected chi connectivity index (χ4v) is 1.48. The van der Waals surface area contributed by atoms with Gasteiger partial charge in [0.05, 0.1) is 6.61 Å². The molecule has 0 aromatic carbocycles. The van der Waals surface area contributed by atoms with Crippen LogP contribution in [0.5, 0.6) is 0 Å². The summed E-state index contributed by atoms with van der Waals surface area (Å²) in [7, 11) is 0. The average molecular weight is 230 g/mol. The smallest absolute Gasteiger partial charge is 0.366 e. The summed E-state index contributed by atoms with van der Waals surface area (Å²) in [4.78, 5) is 10.7. The van der Waals surface area contributed by atoms with E-state index in [1.54, 1.807) is 0 Å². The molecule has 3 heteroatoms. The van der Waals surface area contributed by atoms with E-state index >= 15 is 0 Å². The highest BCUT2D eigenvalue weighted by molar-refractivity contribution is 5.85. The van der Waals surface area contributed by atoms with E-state index in [4.69, 9.17) is 0 Å². The van der Waals surface area contributed by atoms with Gasteiger partial charge in [-0.3, -0.25) is 0 Å². The summed E-state index contributed by atoms with van der Waals surface area (Å²) >= 11 is 0. The molecular weight excluding hydrogens is 207 g/mol. The highest BCUT2D eigenvalue weighted by atomic mass is 19.1. The first-order chi connectivity index (χ1) is 7.68. The molecule has 0 spiro atoms. The first kappa shape index (κ1) is 15.1. The molecule has 0 aromatic rings. The van der Waals surface area contributed by atoms with Crippen LogP contribution in [-0.4, -0.2) is 12.6 Å². The summed E-state index contributed by atoms with van der Waals surface area (Å²) in [6.45, 7) is 5.37. The van der Waals surface area contributed by atoms with Crippen molar-refractivity contribution in [1.82, 2.24) is 0 Å². The molecule has 0 unspecified atom stereocenters. The number of carbonyl (C=O) groups excluding carboxylic acids is 1. The molecule has 0 bridgehead atoms. The number of halogens is 1. The van der Waals surface area contributed by atoms with Crippen LogP contribution in [-0.2, 0) is 9.53 Å². The summed E-state index contributed by atoms with van der Waals surface area (Å²) in [5.74, 6) is -1.94. The van der Waals surface area contributed by atoms with E-state index in [9.17, 15) is 9.18 Å². The molecule has 0 aliphatic heterocycles. The molecule has 0 N–H and O–H groups in total. The standard InChI is InChI=1S/C13H23FO2/c1-3-4-5-6-7-8-9-10-11-16-13(15)12(2)14/h2-11H2,1H3. The lowest BCUT2D eigenvalue weighted by molar-refractivity contribution is -0.140. The number of esters is 1. The normalized spacial score (nSPS) is 10.1. The van der Waals surface area contributed by atoms with Crippen LogP contribution in [0.1, 0.15) is 58.3 Å². The average Bonchev–Trinajstić information content (AvgIpc) is 2.26. The predicted octanol–water partition coefficient (Wildman–Crippen LogP) is 4.15. The van der Waals surface area contributed by atoms with E-state index < -0.39 is 11.8 Å². The Labute approximate surface area is 97.9 Å². The molecule has 0 aliphatic carbocycles. The van der Waals surface area contributed by atoms with Crippen molar-refractivity contribution in [3.8, 4) is 0 Å². The summed E-state index contributed by atoms with van der Waals surface area (Å²) in [6, 6.07) is 0. The van der Waals surface area contributed by atoms with Crippen LogP contribution in [0.4, 0.5) is 4.39 Å². The van der Waals surface area contributed by atoms with Gasteiger partial charge in [0.15, 0.2) is 0 Å². The van der Waals surface area contributed by atoms with Crippen LogP contribution < -0.4 is 0 Å². The van der Waals surface area contributed by atoms with Crippen LogP contribution in [0.2, 0.25) is 0 Å². The Morgan fingerprint density at radius 2 is 1.56 bits per heavy atom. The summed E-state index contributed by atoms with van der Waals surface area (Å²) < 4.78 is 16.8. The molecule has 0 rings (SSSR count). The Morgan fingerprint density at radius 3 is 2.06 bits per heavy atom. The number of unbranched alkanes of at least 4 members (excludes halogenated alkanes) is 7. The second-order valence-electron chi connectivity index (χ2n) is 4.02. The lowest BCUT2D eigenvalue weighted by Crippen LogP contribution is -2.05. The summed E-state index contributed by atoms with van der Waals surface area (Å²) in [5, 5.41) is 0. The van der Waals surface area contributed by atoms with Crippen molar-refractivity contribution in [2.75, 3.05) is 6.61 Å². The maximum atomic E-state index is 12.2. The highest BCUT2D eigenvalue weighted by Gasteiger charge is 2.05. The monoisotopic (exact) mass is 230 g/mol. The molecule has 0 radical (unpaired) electrons. The van der Waals surface area contributed by atoms with E-state index in [2.05, 4.69) is 18.2 Å². The largest absolute Gasteiger partial charge is 0.460 e. The summed E-state index contributed by atoms with van der Waals surface area (Å²) in [6.07, 6.45) is 9.44. The number of hydrogen-bond donors (Lipinski definition) is 0. The Bertz CT molecular complexity index is 202. The molecule has 0 fully saturated rings. The zero-order valence-electron chi connectivity index (χ0n) is 10.3. The molecule has 0 aromatic heterocycles. The molecule has 0 amide bonds. The number of hydrogen-bond acceptors (Lipinski definition) is 2. The third kappa shape index (κ3) is 9.69. The SMILES string of the molecule is C=C(F)C(=O)OCCCCCCCCCC. The first-order valence-electron chi connectivity index (χ1n) is 6.20. The number of ether oxygens (including phenoxy) is 1. The van der Waals surface area contributed by atoms with Gasteiger partial charge in [-0.05, 0) is 6.42 Å². The quantitative estimate of drug-likeness (QED) is 0.320. The maximum Gasteiger partial charge on any atom is 0.366 e. The zero-order chi connectivity index (χ0) is 12.2. The van der Waals surface area contributed by atoms with Gasteiger partial charge in [-0.25, -0.2) is 4.79 Å². The van der Waals surface area contributed by atoms with Gasteiger partial charge in [0.1, 0.15) is 0 Å². The van der Waals surface area contributed by atoms with Crippen LogP contribution in [0, 0.1) is 0 Å². The first-order valence-corrected chi connectivity index (χ1v) is 6.20. The van der Waals surface area contributed by atoms with Crippen LogP contribution in [0.25, 0.3) is 0 Å². The van der Waals surface area contributed by atoms with Gasteiger partial charge >= 0.3 is 5.97 Å². The third-order valence-corrected chi connectivity index (χ3v) is 2.45. The molecule has 2 nitrogen and oxygen atoms in total. The fourth-order valence-electron chi connectivity index (χ4n) is 1.48. The Hall–Kier alpha value is -0.860. The van der Waals surface area contributed by atoms with Gasteiger partial charge in [0.25, 0.3) is 0 Å². The Balaban J connectivity index is 3.10. The van der Waals surface area contributed by atoms with Crippen molar-refractivity contribution in [2.45, 2.75) is 58.3 Å². The van der Waals surface area contributed by atoms with E-state index in [1.165, 1.54) is 32.1 Å². The lowest BCUT2D eigenvalue weighted by atomic mass is 10.1. The molecule has 94 valence electrons. The van der Waals surface area contributed by atoms with Crippen molar-refractivity contribution in [3.63, 3.8) is 0 Å². The third-order valence-electron chi connectivity index (χ3n) is 2.45. The van der Waals surface area contributed by atoms with Crippen molar-refractivity contribution < 1.29 is 13.9 Å². The van der Waals surface area contributed by atoms with E-state index in [0.717, 1.165) is 19.3 Å². The van der Waals surface area contributed by atoms with E-state index in [-0.39, 0.29) is 0 Å². The second kappa shape index (κ2) is 10.7. The Morgan fingerprint density at radius 1 is 1.06 bits per heavy atom. The van der Waals surface area contributed by atoms with Gasteiger partial charge in [0, 0.05) is 0 Å². The van der Waals surface area contributed by atoms with Crippen LogP contribution in [0.15, 0.2) is 12.4 Å². The number of carbonyl (C=O) groups is 1. The van der Waals surface area contributed by atoms with Crippen molar-refractivity contribution in [2.24, 2.45) is 0 Å². The van der Waals surface area contributed by atoms with Gasteiger partial charge in [-0.2, -0.15) is 4.39 Å². The van der Waals surface area contributed by atoms with Gasteiger partial charge in [0.2, 0.25) is 5.83 Å². The maximum absolute atomic E-state index is 12.2. The molecular formula is C13H23FO2. The highest BCUT2D eigenvalue weighted by Crippen LogP contribution is 2.08. The summed E-state index contributed by atoms with van der Waals surface area (Å²) in [5.41, 5.74) is 0. The lowest BCUT2D eigenvalue weighted by Gasteiger charge is -2.03. The minimum atomic E-state index is -1.01. The van der Waals surface area contributed by atoms with Crippen LogP contribution in [0.3, 0.4) is 0 Å². The van der Waals surface area contributed by atoms with Gasteiger partial charge < -0.3 is 4.74 Å². The topological polar surface area (TPSA) is 26.3 Å². The number of rotatable bonds is 10. The van der Waals surface area contributed by atoms with Crippen molar-refractivity contribution >= 4 is 5.97 Å².